The van der Waals surface area contributed by atoms with Gasteiger partial charge in [0.15, 0.2) is 5.78 Å². The molecule has 35 heavy (non-hydrogen) atoms. The standard InChI is InChI=1S/C26H27FN4O3S/c27-22-13-20-23(31(17-4-5-17)26-21(15-24(20)32)25(33)29-35-26)14-19(22)16-2-1-3-18(12-16)34-11-10-30-8-6-28-7-9-30/h1-3,12-14,17,28H,4-11,15H2,(H,29,33). The molecule has 0 atom stereocenters. The van der Waals surface area contributed by atoms with Crippen LogP contribution in [0.3, 0.4) is 0 Å². The SMILES string of the molecule is O=C1Cc2c(s[nH]c2=O)N(C2CC2)c2cc(-c3cccc(OCCN4CCNCC4)c3)c(F)cc21. The van der Waals surface area contributed by atoms with Crippen molar-refractivity contribution in [3.63, 3.8) is 0 Å². The van der Waals surface area contributed by atoms with E-state index in [0.29, 0.717) is 40.3 Å². The summed E-state index contributed by atoms with van der Waals surface area (Å²) in [6.07, 6.45) is 1.93. The van der Waals surface area contributed by atoms with Gasteiger partial charge in [0.2, 0.25) is 0 Å². The number of Topliss-reactive ketones (excluding diaryl/α,β-unsaturated/α-hetero) is 1. The summed E-state index contributed by atoms with van der Waals surface area (Å²) < 4.78 is 24.2. The van der Waals surface area contributed by atoms with Crippen molar-refractivity contribution in [3.05, 3.63) is 63.7 Å². The van der Waals surface area contributed by atoms with Gasteiger partial charge in [0, 0.05) is 56.3 Å². The third-order valence-corrected chi connectivity index (χ3v) is 7.84. The maximum absolute atomic E-state index is 15.4. The van der Waals surface area contributed by atoms with Gasteiger partial charge in [-0.15, -0.1) is 0 Å². The van der Waals surface area contributed by atoms with Gasteiger partial charge < -0.3 is 15.0 Å². The maximum Gasteiger partial charge on any atom is 0.263 e. The number of ketones is 1. The highest BCUT2D eigenvalue weighted by atomic mass is 32.1. The number of fused-ring (bicyclic) bond motifs is 2. The average Bonchev–Trinajstić information content (AvgIpc) is 3.66. The van der Waals surface area contributed by atoms with Crippen molar-refractivity contribution in [1.29, 1.82) is 0 Å². The molecule has 3 heterocycles. The maximum atomic E-state index is 15.4. The number of piperazine rings is 1. The van der Waals surface area contributed by atoms with Gasteiger partial charge in [-0.1, -0.05) is 12.1 Å². The van der Waals surface area contributed by atoms with Crippen LogP contribution in [-0.4, -0.2) is 60.4 Å². The molecule has 0 spiro atoms. The molecule has 0 radical (unpaired) electrons. The van der Waals surface area contributed by atoms with Crippen LogP contribution in [0.15, 0.2) is 41.2 Å². The number of nitrogens with zero attached hydrogens (tertiary/aromatic N) is 2. The molecule has 2 N–H and O–H groups in total. The van der Waals surface area contributed by atoms with Gasteiger partial charge in [0.1, 0.15) is 23.2 Å². The topological polar surface area (TPSA) is 77.7 Å². The van der Waals surface area contributed by atoms with Crippen LogP contribution in [0.2, 0.25) is 0 Å². The average molecular weight is 495 g/mol. The number of aromatic amines is 1. The van der Waals surface area contributed by atoms with E-state index in [-0.39, 0.29) is 23.8 Å². The minimum Gasteiger partial charge on any atom is -0.492 e. The van der Waals surface area contributed by atoms with Crippen LogP contribution in [0.25, 0.3) is 11.1 Å². The van der Waals surface area contributed by atoms with Crippen molar-refractivity contribution in [2.75, 3.05) is 44.2 Å². The van der Waals surface area contributed by atoms with Gasteiger partial charge in [-0.25, -0.2) is 4.39 Å². The Hall–Kier alpha value is -3.01. The number of carbonyl (C=O) groups is 1. The smallest absolute Gasteiger partial charge is 0.263 e. The first-order chi connectivity index (χ1) is 17.1. The summed E-state index contributed by atoms with van der Waals surface area (Å²) in [5.74, 6) is 0.00182. The van der Waals surface area contributed by atoms with E-state index in [2.05, 4.69) is 19.5 Å². The summed E-state index contributed by atoms with van der Waals surface area (Å²) in [6, 6.07) is 10.8. The van der Waals surface area contributed by atoms with Crippen molar-refractivity contribution >= 4 is 28.0 Å². The van der Waals surface area contributed by atoms with Gasteiger partial charge >= 0.3 is 0 Å². The molecule has 182 valence electrons. The number of nitrogens with one attached hydrogen (secondary N) is 2. The number of halogens is 1. The van der Waals surface area contributed by atoms with Gasteiger partial charge in [-0.3, -0.25) is 18.9 Å². The molecule has 2 aliphatic heterocycles. The van der Waals surface area contributed by atoms with Crippen LogP contribution in [0.4, 0.5) is 15.1 Å². The molecule has 7 nitrogen and oxygen atoms in total. The summed E-state index contributed by atoms with van der Waals surface area (Å²) >= 11 is 1.25. The van der Waals surface area contributed by atoms with Crippen LogP contribution < -0.4 is 20.5 Å². The Bertz CT molecular complexity index is 1330. The highest BCUT2D eigenvalue weighted by molar-refractivity contribution is 7.10. The fraction of sp³-hybridized carbons (Fsp3) is 0.385. The molecule has 0 amide bonds. The molecule has 1 saturated heterocycles. The number of hydrogen-bond donors (Lipinski definition) is 2. The van der Waals surface area contributed by atoms with Crippen molar-refractivity contribution in [3.8, 4) is 16.9 Å². The van der Waals surface area contributed by atoms with Crippen LogP contribution in [-0.2, 0) is 6.42 Å². The van der Waals surface area contributed by atoms with Crippen LogP contribution in [0.1, 0.15) is 28.8 Å². The second-order valence-corrected chi connectivity index (χ2v) is 10.1. The van der Waals surface area contributed by atoms with Crippen molar-refractivity contribution < 1.29 is 13.9 Å². The summed E-state index contributed by atoms with van der Waals surface area (Å²) in [5.41, 5.74) is 2.37. The van der Waals surface area contributed by atoms with Crippen LogP contribution >= 0.6 is 11.5 Å². The highest BCUT2D eigenvalue weighted by Crippen LogP contribution is 2.46. The van der Waals surface area contributed by atoms with E-state index in [1.165, 1.54) is 17.6 Å². The highest BCUT2D eigenvalue weighted by Gasteiger charge is 2.38. The first kappa shape index (κ1) is 22.5. The van der Waals surface area contributed by atoms with Crippen LogP contribution in [0.5, 0.6) is 5.75 Å². The predicted octanol–water partition coefficient (Wildman–Crippen LogP) is 3.57. The number of aromatic nitrogens is 1. The predicted molar refractivity (Wildman–Crippen MR) is 135 cm³/mol. The fourth-order valence-corrected chi connectivity index (χ4v) is 5.86. The summed E-state index contributed by atoms with van der Waals surface area (Å²) in [4.78, 5) is 29.8. The largest absolute Gasteiger partial charge is 0.492 e. The van der Waals surface area contributed by atoms with E-state index >= 15 is 4.39 Å². The molecule has 9 heteroatoms. The van der Waals surface area contributed by atoms with Crippen molar-refractivity contribution in [1.82, 2.24) is 14.6 Å². The molecular weight excluding hydrogens is 467 g/mol. The van der Waals surface area contributed by atoms with Gasteiger partial charge in [-0.05, 0) is 54.2 Å². The Balaban J connectivity index is 1.32. The first-order valence-corrected chi connectivity index (χ1v) is 12.9. The zero-order chi connectivity index (χ0) is 23.9. The van der Waals surface area contributed by atoms with Gasteiger partial charge in [0.05, 0.1) is 11.3 Å². The second-order valence-electron chi connectivity index (χ2n) is 9.34. The molecular formula is C26H27FN4O3S. The van der Waals surface area contributed by atoms with E-state index in [1.54, 1.807) is 6.07 Å². The zero-order valence-corrected chi connectivity index (χ0v) is 20.1. The Labute approximate surface area is 206 Å². The molecule has 1 aromatic heterocycles. The second kappa shape index (κ2) is 9.22. The third-order valence-electron chi connectivity index (χ3n) is 6.92. The molecule has 6 rings (SSSR count). The number of rotatable bonds is 6. The fourth-order valence-electron chi connectivity index (χ4n) is 4.91. The van der Waals surface area contributed by atoms with E-state index < -0.39 is 5.82 Å². The lowest BCUT2D eigenvalue weighted by atomic mass is 9.98. The third kappa shape index (κ3) is 4.39. The number of H-pyrrole nitrogens is 1. The van der Waals surface area contributed by atoms with Gasteiger partial charge in [0.25, 0.3) is 5.56 Å². The van der Waals surface area contributed by atoms with E-state index in [9.17, 15) is 9.59 Å². The van der Waals surface area contributed by atoms with Crippen molar-refractivity contribution in [2.24, 2.45) is 0 Å². The summed E-state index contributed by atoms with van der Waals surface area (Å²) in [6.45, 7) is 5.42. The molecule has 0 bridgehead atoms. The molecule has 1 aliphatic carbocycles. The summed E-state index contributed by atoms with van der Waals surface area (Å²) in [5, 5.41) is 4.11. The normalized spacial score (nSPS) is 18.2. The Morgan fingerprint density at radius 2 is 1.91 bits per heavy atom. The molecule has 1 saturated carbocycles. The Morgan fingerprint density at radius 3 is 2.71 bits per heavy atom. The lowest BCUT2D eigenvalue weighted by Crippen LogP contribution is -2.44. The number of carbonyl (C=O) groups excluding carboxylic acids is 1. The molecule has 3 aliphatic rings. The van der Waals surface area contributed by atoms with Gasteiger partial charge in [-0.2, -0.15) is 0 Å². The minimum atomic E-state index is -0.454. The molecule has 3 aromatic rings. The molecule has 2 fully saturated rings. The van der Waals surface area contributed by atoms with Crippen LogP contribution in [0, 0.1) is 5.82 Å². The quantitative estimate of drug-likeness (QED) is 0.546. The number of anilines is 2. The molecule has 2 aromatic carbocycles. The zero-order valence-electron chi connectivity index (χ0n) is 19.3. The first-order valence-electron chi connectivity index (χ1n) is 12.1. The lowest BCUT2D eigenvalue weighted by molar-refractivity contribution is 0.0994. The Kier molecular flexibility index (Phi) is 5.91. The minimum absolute atomic E-state index is 0.0143. The van der Waals surface area contributed by atoms with E-state index in [4.69, 9.17) is 4.74 Å². The lowest BCUT2D eigenvalue weighted by Gasteiger charge is -2.27. The number of ether oxygens (including phenoxy) is 1. The van der Waals surface area contributed by atoms with E-state index in [1.807, 2.05) is 24.3 Å². The Morgan fingerprint density at radius 1 is 1.09 bits per heavy atom. The summed E-state index contributed by atoms with van der Waals surface area (Å²) in [7, 11) is 0. The van der Waals surface area contributed by atoms with E-state index in [0.717, 1.165) is 50.6 Å². The number of hydrogen-bond acceptors (Lipinski definition) is 7. The number of benzene rings is 2. The van der Waals surface area contributed by atoms with Crippen molar-refractivity contribution in [2.45, 2.75) is 25.3 Å². The monoisotopic (exact) mass is 494 g/mol. The molecule has 0 unspecified atom stereocenters.